The first-order valence-electron chi connectivity index (χ1n) is 4.26. The molecule has 3 nitrogen and oxygen atoms in total. The zero-order valence-electron chi connectivity index (χ0n) is 7.35. The maximum Gasteiger partial charge on any atom is 0.275 e. The van der Waals surface area contributed by atoms with E-state index in [0.29, 0.717) is 11.6 Å². The van der Waals surface area contributed by atoms with Gasteiger partial charge in [-0.3, -0.25) is 4.79 Å². The molecule has 0 atom stereocenters. The van der Waals surface area contributed by atoms with Crippen LogP contribution in [0.2, 0.25) is 0 Å². The number of allylic oxidation sites excluding steroid dienone is 1. The van der Waals surface area contributed by atoms with Gasteiger partial charge < -0.3 is 5.32 Å². The molecule has 1 aliphatic heterocycles. The maximum absolute atomic E-state index is 11.3. The van der Waals surface area contributed by atoms with Crippen molar-refractivity contribution < 1.29 is 4.79 Å². The summed E-state index contributed by atoms with van der Waals surface area (Å²) < 4.78 is 0. The van der Waals surface area contributed by atoms with Gasteiger partial charge in [0.25, 0.3) is 5.91 Å². The Balaban J connectivity index is 2.27. The van der Waals surface area contributed by atoms with Crippen LogP contribution in [0, 0.1) is 5.92 Å². The lowest BCUT2D eigenvalue weighted by Gasteiger charge is -1.93. The number of hydrogen-bond acceptors (Lipinski definition) is 2. The van der Waals surface area contributed by atoms with Crippen molar-refractivity contribution in [1.29, 1.82) is 0 Å². The van der Waals surface area contributed by atoms with Crippen LogP contribution in [0.15, 0.2) is 16.3 Å². The molecule has 1 N–H and O–H groups in total. The fourth-order valence-corrected chi connectivity index (χ4v) is 1.26. The Hall–Kier alpha value is -1.12. The van der Waals surface area contributed by atoms with Gasteiger partial charge in [0, 0.05) is 5.92 Å². The highest BCUT2D eigenvalue weighted by Gasteiger charge is 2.33. The van der Waals surface area contributed by atoms with E-state index in [1.807, 2.05) is 13.8 Å². The summed E-state index contributed by atoms with van der Waals surface area (Å²) in [6.07, 6.45) is 2.35. The molecule has 0 bridgehead atoms. The number of amidine groups is 1. The largest absolute Gasteiger partial charge is 0.308 e. The van der Waals surface area contributed by atoms with Crippen molar-refractivity contribution in [3.05, 3.63) is 11.3 Å². The zero-order chi connectivity index (χ0) is 8.72. The van der Waals surface area contributed by atoms with Gasteiger partial charge in [-0.25, -0.2) is 4.99 Å². The number of nitrogens with zero attached hydrogens (tertiary/aromatic N) is 1. The van der Waals surface area contributed by atoms with Crippen molar-refractivity contribution in [2.45, 2.75) is 26.7 Å². The number of amides is 1. The third kappa shape index (κ3) is 1.15. The van der Waals surface area contributed by atoms with E-state index in [2.05, 4.69) is 10.3 Å². The topological polar surface area (TPSA) is 41.5 Å². The van der Waals surface area contributed by atoms with E-state index in [4.69, 9.17) is 0 Å². The van der Waals surface area contributed by atoms with Crippen LogP contribution >= 0.6 is 0 Å². The van der Waals surface area contributed by atoms with Crippen LogP contribution in [0.4, 0.5) is 0 Å². The van der Waals surface area contributed by atoms with Gasteiger partial charge in [-0.1, -0.05) is 0 Å². The van der Waals surface area contributed by atoms with E-state index in [1.54, 1.807) is 0 Å². The first-order chi connectivity index (χ1) is 5.68. The average Bonchev–Trinajstić information content (AvgIpc) is 2.75. The molecule has 2 aliphatic rings. The van der Waals surface area contributed by atoms with E-state index in [9.17, 15) is 4.79 Å². The minimum atomic E-state index is -0.0306. The molecule has 1 heterocycles. The maximum atomic E-state index is 11.3. The fourth-order valence-electron chi connectivity index (χ4n) is 1.26. The summed E-state index contributed by atoms with van der Waals surface area (Å²) >= 11 is 0. The summed E-state index contributed by atoms with van der Waals surface area (Å²) in [5, 5.41) is 2.80. The summed E-state index contributed by atoms with van der Waals surface area (Å²) in [5.41, 5.74) is 1.60. The van der Waals surface area contributed by atoms with Crippen LogP contribution in [-0.2, 0) is 4.79 Å². The Bertz CT molecular complexity index is 294. The smallest absolute Gasteiger partial charge is 0.275 e. The predicted octanol–water partition coefficient (Wildman–Crippen LogP) is 1.22. The molecule has 0 unspecified atom stereocenters. The second-order valence-electron chi connectivity index (χ2n) is 3.57. The molecule has 0 spiro atoms. The SMILES string of the molecule is CC(C)=C1N=C(C2CC2)NC1=O. The van der Waals surface area contributed by atoms with E-state index in [-0.39, 0.29) is 5.91 Å². The van der Waals surface area contributed by atoms with Crippen LogP contribution in [0.5, 0.6) is 0 Å². The summed E-state index contributed by atoms with van der Waals surface area (Å²) in [5.74, 6) is 1.39. The Morgan fingerprint density at radius 2 is 2.17 bits per heavy atom. The van der Waals surface area contributed by atoms with Crippen molar-refractivity contribution in [2.24, 2.45) is 10.9 Å². The van der Waals surface area contributed by atoms with Crippen LogP contribution in [0.1, 0.15) is 26.7 Å². The van der Waals surface area contributed by atoms with Crippen LogP contribution < -0.4 is 5.32 Å². The van der Waals surface area contributed by atoms with Gasteiger partial charge in [0.05, 0.1) is 0 Å². The van der Waals surface area contributed by atoms with Gasteiger partial charge in [0.15, 0.2) is 0 Å². The fraction of sp³-hybridized carbons (Fsp3) is 0.556. The van der Waals surface area contributed by atoms with Crippen molar-refractivity contribution >= 4 is 11.7 Å². The monoisotopic (exact) mass is 164 g/mol. The zero-order valence-corrected chi connectivity index (χ0v) is 7.35. The average molecular weight is 164 g/mol. The normalized spacial score (nSPS) is 22.3. The highest BCUT2D eigenvalue weighted by Crippen LogP contribution is 2.32. The van der Waals surface area contributed by atoms with E-state index in [0.717, 1.165) is 11.4 Å². The number of aliphatic imine (C=N–C) groups is 1. The molecular weight excluding hydrogens is 152 g/mol. The molecule has 2 rings (SSSR count). The third-order valence-electron chi connectivity index (χ3n) is 2.13. The summed E-state index contributed by atoms with van der Waals surface area (Å²) in [4.78, 5) is 15.5. The molecule has 12 heavy (non-hydrogen) atoms. The molecule has 0 radical (unpaired) electrons. The molecule has 0 aromatic carbocycles. The quantitative estimate of drug-likeness (QED) is 0.582. The van der Waals surface area contributed by atoms with Gasteiger partial charge in [-0.2, -0.15) is 0 Å². The summed E-state index contributed by atoms with van der Waals surface area (Å²) in [6.45, 7) is 3.82. The van der Waals surface area contributed by atoms with E-state index >= 15 is 0 Å². The molecule has 1 amide bonds. The van der Waals surface area contributed by atoms with E-state index < -0.39 is 0 Å². The number of carbonyl (C=O) groups excluding carboxylic acids is 1. The van der Waals surface area contributed by atoms with Crippen LogP contribution in [0.25, 0.3) is 0 Å². The highest BCUT2D eigenvalue weighted by molar-refractivity contribution is 6.13. The van der Waals surface area contributed by atoms with Crippen LogP contribution in [-0.4, -0.2) is 11.7 Å². The molecule has 64 valence electrons. The lowest BCUT2D eigenvalue weighted by atomic mass is 10.2. The van der Waals surface area contributed by atoms with E-state index in [1.165, 1.54) is 12.8 Å². The highest BCUT2D eigenvalue weighted by atomic mass is 16.2. The summed E-state index contributed by atoms with van der Waals surface area (Å²) in [7, 11) is 0. The second-order valence-corrected chi connectivity index (χ2v) is 3.57. The molecule has 1 saturated carbocycles. The number of carbonyl (C=O) groups is 1. The van der Waals surface area contributed by atoms with Gasteiger partial charge in [-0.05, 0) is 32.3 Å². The Morgan fingerprint density at radius 3 is 2.58 bits per heavy atom. The predicted molar refractivity (Wildman–Crippen MR) is 46.7 cm³/mol. The van der Waals surface area contributed by atoms with Crippen molar-refractivity contribution in [1.82, 2.24) is 5.32 Å². The number of hydrogen-bond donors (Lipinski definition) is 1. The minimum absolute atomic E-state index is 0.0306. The third-order valence-corrected chi connectivity index (χ3v) is 2.13. The number of nitrogens with one attached hydrogen (secondary N) is 1. The molecule has 1 fully saturated rings. The minimum Gasteiger partial charge on any atom is -0.308 e. The molecule has 1 aliphatic carbocycles. The molecule has 0 aromatic heterocycles. The molecule has 0 saturated heterocycles. The van der Waals surface area contributed by atoms with Gasteiger partial charge in [-0.15, -0.1) is 0 Å². The first-order valence-corrected chi connectivity index (χ1v) is 4.26. The first kappa shape index (κ1) is 7.53. The molecule has 0 aromatic rings. The Kier molecular flexibility index (Phi) is 1.53. The lowest BCUT2D eigenvalue weighted by molar-refractivity contribution is -0.115. The number of rotatable bonds is 1. The van der Waals surface area contributed by atoms with Crippen LogP contribution in [0.3, 0.4) is 0 Å². The molecule has 3 heteroatoms. The standard InChI is InChI=1S/C9H12N2O/c1-5(2)7-9(12)11-8(10-7)6-3-4-6/h6H,3-4H2,1-2H3,(H,10,11,12). The summed E-state index contributed by atoms with van der Waals surface area (Å²) in [6, 6.07) is 0. The lowest BCUT2D eigenvalue weighted by Crippen LogP contribution is -2.25. The Labute approximate surface area is 71.6 Å². The van der Waals surface area contributed by atoms with Crippen molar-refractivity contribution in [3.63, 3.8) is 0 Å². The Morgan fingerprint density at radius 1 is 1.50 bits per heavy atom. The molecular formula is C9H12N2O. The van der Waals surface area contributed by atoms with Gasteiger partial charge in [0.2, 0.25) is 0 Å². The van der Waals surface area contributed by atoms with Gasteiger partial charge in [0.1, 0.15) is 11.5 Å². The van der Waals surface area contributed by atoms with Gasteiger partial charge >= 0.3 is 0 Å². The second kappa shape index (κ2) is 2.44. The van der Waals surface area contributed by atoms with Crippen molar-refractivity contribution in [3.8, 4) is 0 Å². The van der Waals surface area contributed by atoms with Crippen molar-refractivity contribution in [2.75, 3.05) is 0 Å².